The number of nitrogens with zero attached hydrogens (tertiary/aromatic N) is 1. The zero-order chi connectivity index (χ0) is 11.7. The highest BCUT2D eigenvalue weighted by atomic mass is 16.4. The maximum Gasteiger partial charge on any atom is 0.306 e. The van der Waals surface area contributed by atoms with Crippen LogP contribution >= 0.6 is 0 Å². The van der Waals surface area contributed by atoms with E-state index in [0.717, 1.165) is 25.7 Å². The summed E-state index contributed by atoms with van der Waals surface area (Å²) in [4.78, 5) is 10.9. The average molecular weight is 221 g/mol. The first-order chi connectivity index (χ1) is 7.59. The summed E-state index contributed by atoms with van der Waals surface area (Å²) in [6.07, 6.45) is 3.62. The van der Waals surface area contributed by atoms with Crippen LogP contribution in [0.25, 0.3) is 0 Å². The van der Waals surface area contributed by atoms with Gasteiger partial charge in [0.05, 0.1) is 5.92 Å². The Labute approximate surface area is 96.1 Å². The molecule has 0 amide bonds. The third kappa shape index (κ3) is 1.99. The summed E-state index contributed by atoms with van der Waals surface area (Å²) in [5, 5.41) is 8.96. The Hall–Kier alpha value is -1.25. The van der Waals surface area contributed by atoms with Gasteiger partial charge in [-0.1, -0.05) is 0 Å². The van der Waals surface area contributed by atoms with Gasteiger partial charge in [0.25, 0.3) is 0 Å². The maximum atomic E-state index is 10.9. The second-order valence-corrected chi connectivity index (χ2v) is 4.83. The van der Waals surface area contributed by atoms with E-state index in [4.69, 9.17) is 5.11 Å². The van der Waals surface area contributed by atoms with Crippen LogP contribution in [0, 0.1) is 19.8 Å². The topological polar surface area (TPSA) is 42.2 Å². The normalized spacial score (nSPS) is 25.6. The Morgan fingerprint density at radius 2 is 1.69 bits per heavy atom. The number of aliphatic carboxylic acids is 1. The van der Waals surface area contributed by atoms with Crippen LogP contribution in [0.15, 0.2) is 12.1 Å². The zero-order valence-electron chi connectivity index (χ0n) is 9.94. The molecule has 1 N–H and O–H groups in total. The van der Waals surface area contributed by atoms with Gasteiger partial charge in [0, 0.05) is 17.4 Å². The fourth-order valence-electron chi connectivity index (χ4n) is 2.84. The Morgan fingerprint density at radius 1 is 1.19 bits per heavy atom. The van der Waals surface area contributed by atoms with E-state index in [1.807, 2.05) is 0 Å². The summed E-state index contributed by atoms with van der Waals surface area (Å²) in [5.41, 5.74) is 2.58. The van der Waals surface area contributed by atoms with Crippen molar-refractivity contribution in [2.75, 3.05) is 0 Å². The highest BCUT2D eigenvalue weighted by Crippen LogP contribution is 2.34. The highest BCUT2D eigenvalue weighted by molar-refractivity contribution is 5.70. The molecule has 1 saturated carbocycles. The molecule has 1 aliphatic carbocycles. The van der Waals surface area contributed by atoms with Crippen molar-refractivity contribution in [3.63, 3.8) is 0 Å². The van der Waals surface area contributed by atoms with Crippen molar-refractivity contribution < 1.29 is 9.90 Å². The van der Waals surface area contributed by atoms with Gasteiger partial charge in [-0.15, -0.1) is 0 Å². The largest absolute Gasteiger partial charge is 0.481 e. The third-order valence-corrected chi connectivity index (χ3v) is 3.74. The van der Waals surface area contributed by atoms with Crippen molar-refractivity contribution >= 4 is 5.97 Å². The number of carboxylic acid groups (broad SMARTS) is 1. The Kier molecular flexibility index (Phi) is 3.03. The van der Waals surface area contributed by atoms with Crippen molar-refractivity contribution in [2.24, 2.45) is 5.92 Å². The van der Waals surface area contributed by atoms with Crippen LogP contribution < -0.4 is 0 Å². The molecule has 0 unspecified atom stereocenters. The molecular formula is C13H19NO2. The molecule has 2 rings (SSSR count). The molecule has 0 radical (unpaired) electrons. The lowest BCUT2D eigenvalue weighted by Crippen LogP contribution is -2.24. The molecular weight excluding hydrogens is 202 g/mol. The van der Waals surface area contributed by atoms with Crippen LogP contribution in [0.4, 0.5) is 0 Å². The van der Waals surface area contributed by atoms with Crippen LogP contribution in [0.1, 0.15) is 43.1 Å². The van der Waals surface area contributed by atoms with E-state index in [9.17, 15) is 4.79 Å². The first-order valence-corrected chi connectivity index (χ1v) is 5.97. The smallest absolute Gasteiger partial charge is 0.306 e. The maximum absolute atomic E-state index is 10.9. The zero-order valence-corrected chi connectivity index (χ0v) is 9.94. The number of hydrogen-bond donors (Lipinski definition) is 1. The molecule has 0 spiro atoms. The van der Waals surface area contributed by atoms with Gasteiger partial charge in [0.15, 0.2) is 0 Å². The average Bonchev–Trinajstić information content (AvgIpc) is 2.59. The fraction of sp³-hybridized carbons (Fsp3) is 0.615. The van der Waals surface area contributed by atoms with Gasteiger partial charge in [-0.2, -0.15) is 0 Å². The number of rotatable bonds is 2. The van der Waals surface area contributed by atoms with Gasteiger partial charge < -0.3 is 9.67 Å². The summed E-state index contributed by atoms with van der Waals surface area (Å²) in [7, 11) is 0. The quantitative estimate of drug-likeness (QED) is 0.834. The standard InChI is InChI=1S/C13H19NO2/c1-9-3-4-10(2)14(9)12-7-5-11(6-8-12)13(15)16/h3-4,11-12H,5-8H2,1-2H3,(H,15,16). The number of hydrogen-bond acceptors (Lipinski definition) is 1. The number of carboxylic acids is 1. The minimum absolute atomic E-state index is 0.118. The molecule has 0 bridgehead atoms. The predicted octanol–water partition coefficient (Wildman–Crippen LogP) is 2.92. The van der Waals surface area contributed by atoms with Gasteiger partial charge in [-0.25, -0.2) is 0 Å². The highest BCUT2D eigenvalue weighted by Gasteiger charge is 2.27. The van der Waals surface area contributed by atoms with Crippen molar-refractivity contribution in [1.29, 1.82) is 0 Å². The van der Waals surface area contributed by atoms with E-state index in [2.05, 4.69) is 30.5 Å². The van der Waals surface area contributed by atoms with Crippen molar-refractivity contribution in [1.82, 2.24) is 4.57 Å². The van der Waals surface area contributed by atoms with Crippen LogP contribution in [-0.2, 0) is 4.79 Å². The Morgan fingerprint density at radius 3 is 2.12 bits per heavy atom. The molecule has 1 fully saturated rings. The Bertz CT molecular complexity index is 367. The van der Waals surface area contributed by atoms with E-state index in [0.29, 0.717) is 6.04 Å². The monoisotopic (exact) mass is 221 g/mol. The molecule has 3 heteroatoms. The van der Waals surface area contributed by atoms with E-state index >= 15 is 0 Å². The molecule has 0 atom stereocenters. The van der Waals surface area contributed by atoms with E-state index in [-0.39, 0.29) is 5.92 Å². The summed E-state index contributed by atoms with van der Waals surface area (Å²) in [6.45, 7) is 4.24. The fourth-order valence-corrected chi connectivity index (χ4v) is 2.84. The molecule has 3 nitrogen and oxygen atoms in total. The predicted molar refractivity (Wildman–Crippen MR) is 62.5 cm³/mol. The SMILES string of the molecule is Cc1ccc(C)n1C1CCC(C(=O)O)CC1. The summed E-state index contributed by atoms with van der Waals surface area (Å²) >= 11 is 0. The molecule has 1 aromatic heterocycles. The minimum atomic E-state index is -0.626. The molecule has 1 heterocycles. The Balaban J connectivity index is 2.07. The lowest BCUT2D eigenvalue weighted by atomic mass is 9.86. The molecule has 0 saturated heterocycles. The van der Waals surface area contributed by atoms with Gasteiger partial charge in [0.2, 0.25) is 0 Å². The van der Waals surface area contributed by atoms with E-state index in [1.165, 1.54) is 11.4 Å². The van der Waals surface area contributed by atoms with Gasteiger partial charge in [-0.05, 0) is 51.7 Å². The van der Waals surface area contributed by atoms with Crippen LogP contribution in [0.3, 0.4) is 0 Å². The summed E-state index contributed by atoms with van der Waals surface area (Å²) in [5.74, 6) is -0.744. The molecule has 1 aromatic rings. The second kappa shape index (κ2) is 4.32. The third-order valence-electron chi connectivity index (χ3n) is 3.74. The van der Waals surface area contributed by atoms with Gasteiger partial charge >= 0.3 is 5.97 Å². The lowest BCUT2D eigenvalue weighted by Gasteiger charge is -2.29. The minimum Gasteiger partial charge on any atom is -0.481 e. The van der Waals surface area contributed by atoms with E-state index in [1.54, 1.807) is 0 Å². The van der Waals surface area contributed by atoms with Crippen molar-refractivity contribution in [3.05, 3.63) is 23.5 Å². The first kappa shape index (κ1) is 11.2. The van der Waals surface area contributed by atoms with Gasteiger partial charge in [0.1, 0.15) is 0 Å². The first-order valence-electron chi connectivity index (χ1n) is 5.97. The van der Waals surface area contributed by atoms with E-state index < -0.39 is 5.97 Å². The van der Waals surface area contributed by atoms with Crippen molar-refractivity contribution in [2.45, 2.75) is 45.6 Å². The number of aromatic nitrogens is 1. The number of carbonyl (C=O) groups is 1. The van der Waals surface area contributed by atoms with Crippen molar-refractivity contribution in [3.8, 4) is 0 Å². The second-order valence-electron chi connectivity index (χ2n) is 4.83. The van der Waals surface area contributed by atoms with Crippen LogP contribution in [-0.4, -0.2) is 15.6 Å². The molecule has 0 aromatic carbocycles. The summed E-state index contributed by atoms with van der Waals surface area (Å²) < 4.78 is 2.36. The van der Waals surface area contributed by atoms with Gasteiger partial charge in [-0.3, -0.25) is 4.79 Å². The lowest BCUT2D eigenvalue weighted by molar-refractivity contribution is -0.143. The molecule has 0 aliphatic heterocycles. The molecule has 1 aliphatic rings. The molecule has 88 valence electrons. The number of aryl methyl sites for hydroxylation is 2. The summed E-state index contributed by atoms with van der Waals surface area (Å²) in [6, 6.07) is 4.78. The molecule has 16 heavy (non-hydrogen) atoms. The van der Waals surface area contributed by atoms with Crippen LogP contribution in [0.5, 0.6) is 0 Å². The van der Waals surface area contributed by atoms with Crippen LogP contribution in [0.2, 0.25) is 0 Å².